The Kier molecular flexibility index (Phi) is 8.40. The Balaban J connectivity index is 1.97. The SMILES string of the molecule is CCCCNC(=O)CSCCCc1ccccc1. The summed E-state index contributed by atoms with van der Waals surface area (Å²) >= 11 is 1.73. The van der Waals surface area contributed by atoms with Gasteiger partial charge >= 0.3 is 0 Å². The third-order valence-electron chi connectivity index (χ3n) is 2.68. The van der Waals surface area contributed by atoms with Gasteiger partial charge in [-0.1, -0.05) is 43.7 Å². The van der Waals surface area contributed by atoms with Crippen molar-refractivity contribution in [2.45, 2.75) is 32.6 Å². The van der Waals surface area contributed by atoms with Crippen molar-refractivity contribution >= 4 is 17.7 Å². The monoisotopic (exact) mass is 265 g/mol. The Morgan fingerprint density at radius 3 is 2.72 bits per heavy atom. The lowest BCUT2D eigenvalue weighted by atomic mass is 10.1. The molecule has 100 valence electrons. The number of hydrogen-bond donors (Lipinski definition) is 1. The maximum atomic E-state index is 11.4. The molecular formula is C15H23NOS. The van der Waals surface area contributed by atoms with Gasteiger partial charge < -0.3 is 5.32 Å². The summed E-state index contributed by atoms with van der Waals surface area (Å²) in [4.78, 5) is 11.4. The first-order valence-corrected chi connectivity index (χ1v) is 7.86. The number of hydrogen-bond acceptors (Lipinski definition) is 2. The van der Waals surface area contributed by atoms with Crippen molar-refractivity contribution in [3.8, 4) is 0 Å². The highest BCUT2D eigenvalue weighted by Gasteiger charge is 2.00. The number of thioether (sulfide) groups is 1. The minimum absolute atomic E-state index is 0.174. The van der Waals surface area contributed by atoms with Crippen LogP contribution in [0.3, 0.4) is 0 Å². The summed E-state index contributed by atoms with van der Waals surface area (Å²) in [6.07, 6.45) is 4.44. The number of carbonyl (C=O) groups excluding carboxylic acids is 1. The first-order valence-electron chi connectivity index (χ1n) is 6.71. The lowest BCUT2D eigenvalue weighted by Crippen LogP contribution is -2.26. The molecule has 1 aromatic carbocycles. The van der Waals surface area contributed by atoms with E-state index in [0.29, 0.717) is 5.75 Å². The molecule has 3 heteroatoms. The zero-order chi connectivity index (χ0) is 13.1. The van der Waals surface area contributed by atoms with Crippen LogP contribution in [0.25, 0.3) is 0 Å². The Hall–Kier alpha value is -0.960. The summed E-state index contributed by atoms with van der Waals surface area (Å²) in [5, 5.41) is 2.93. The van der Waals surface area contributed by atoms with Gasteiger partial charge in [-0.25, -0.2) is 0 Å². The molecule has 0 spiro atoms. The fraction of sp³-hybridized carbons (Fsp3) is 0.533. The third kappa shape index (κ3) is 7.38. The Labute approximate surface area is 115 Å². The van der Waals surface area contributed by atoms with Crippen molar-refractivity contribution in [1.29, 1.82) is 0 Å². The molecule has 0 fully saturated rings. The highest BCUT2D eigenvalue weighted by Crippen LogP contribution is 2.07. The number of rotatable bonds is 9. The Bertz CT molecular complexity index is 327. The number of carbonyl (C=O) groups is 1. The van der Waals surface area contributed by atoms with Gasteiger partial charge in [0.05, 0.1) is 5.75 Å². The predicted octanol–water partition coefficient (Wildman–Crippen LogP) is 3.27. The third-order valence-corrected chi connectivity index (χ3v) is 3.73. The first kappa shape index (κ1) is 15.1. The van der Waals surface area contributed by atoms with Gasteiger partial charge in [-0.15, -0.1) is 0 Å². The van der Waals surface area contributed by atoms with E-state index in [-0.39, 0.29) is 5.91 Å². The van der Waals surface area contributed by atoms with Gasteiger partial charge in [-0.3, -0.25) is 4.79 Å². The van der Waals surface area contributed by atoms with Crippen LogP contribution >= 0.6 is 11.8 Å². The fourth-order valence-corrected chi connectivity index (χ4v) is 2.42. The molecule has 2 nitrogen and oxygen atoms in total. The molecule has 0 heterocycles. The summed E-state index contributed by atoms with van der Waals surface area (Å²) in [5.41, 5.74) is 1.38. The summed E-state index contributed by atoms with van der Waals surface area (Å²) < 4.78 is 0. The van der Waals surface area contributed by atoms with Gasteiger partial charge in [-0.05, 0) is 30.6 Å². The average Bonchev–Trinajstić information content (AvgIpc) is 2.40. The van der Waals surface area contributed by atoms with Crippen LogP contribution in [0.1, 0.15) is 31.7 Å². The van der Waals surface area contributed by atoms with Crippen LogP contribution in [0.4, 0.5) is 0 Å². The lowest BCUT2D eigenvalue weighted by Gasteiger charge is -2.04. The van der Waals surface area contributed by atoms with E-state index in [1.165, 1.54) is 5.56 Å². The summed E-state index contributed by atoms with van der Waals surface area (Å²) in [6.45, 7) is 2.95. The van der Waals surface area contributed by atoms with E-state index in [0.717, 1.165) is 38.0 Å². The van der Waals surface area contributed by atoms with Gasteiger partial charge in [0, 0.05) is 6.54 Å². The van der Waals surface area contributed by atoms with Gasteiger partial charge in [0.1, 0.15) is 0 Å². The minimum atomic E-state index is 0.174. The number of unbranched alkanes of at least 4 members (excludes halogenated alkanes) is 1. The second-order valence-corrected chi connectivity index (χ2v) is 5.45. The number of aryl methyl sites for hydroxylation is 1. The molecule has 0 saturated heterocycles. The van der Waals surface area contributed by atoms with Crippen molar-refractivity contribution in [2.75, 3.05) is 18.1 Å². The van der Waals surface area contributed by atoms with Crippen LogP contribution < -0.4 is 5.32 Å². The van der Waals surface area contributed by atoms with Crippen LogP contribution in [0.2, 0.25) is 0 Å². The van der Waals surface area contributed by atoms with Crippen molar-refractivity contribution in [3.63, 3.8) is 0 Å². The van der Waals surface area contributed by atoms with E-state index in [1.54, 1.807) is 11.8 Å². The normalized spacial score (nSPS) is 10.3. The Morgan fingerprint density at radius 1 is 1.22 bits per heavy atom. The summed E-state index contributed by atoms with van der Waals surface area (Å²) in [6, 6.07) is 10.5. The van der Waals surface area contributed by atoms with Crippen LogP contribution in [0.15, 0.2) is 30.3 Å². The molecule has 0 atom stereocenters. The molecule has 1 amide bonds. The molecule has 0 aliphatic rings. The van der Waals surface area contributed by atoms with E-state index < -0.39 is 0 Å². The molecule has 0 unspecified atom stereocenters. The molecule has 0 radical (unpaired) electrons. The molecular weight excluding hydrogens is 242 g/mol. The van der Waals surface area contributed by atoms with Crippen molar-refractivity contribution in [2.24, 2.45) is 0 Å². The molecule has 0 aliphatic carbocycles. The zero-order valence-electron chi connectivity index (χ0n) is 11.2. The van der Waals surface area contributed by atoms with Gasteiger partial charge in [0.2, 0.25) is 5.91 Å². The number of amides is 1. The Morgan fingerprint density at radius 2 is 2.00 bits per heavy atom. The maximum absolute atomic E-state index is 11.4. The van der Waals surface area contributed by atoms with E-state index >= 15 is 0 Å². The second-order valence-electron chi connectivity index (χ2n) is 4.35. The maximum Gasteiger partial charge on any atom is 0.229 e. The van der Waals surface area contributed by atoms with E-state index in [2.05, 4.69) is 36.5 Å². The minimum Gasteiger partial charge on any atom is -0.355 e. The molecule has 1 aromatic rings. The average molecular weight is 265 g/mol. The molecule has 1 N–H and O–H groups in total. The van der Waals surface area contributed by atoms with Crippen LogP contribution in [0.5, 0.6) is 0 Å². The molecule has 1 rings (SSSR count). The van der Waals surface area contributed by atoms with E-state index in [4.69, 9.17) is 0 Å². The van der Waals surface area contributed by atoms with Crippen molar-refractivity contribution < 1.29 is 4.79 Å². The quantitative estimate of drug-likeness (QED) is 0.694. The van der Waals surface area contributed by atoms with Gasteiger partial charge in [-0.2, -0.15) is 11.8 Å². The van der Waals surface area contributed by atoms with Gasteiger partial charge in [0.25, 0.3) is 0 Å². The second kappa shape index (κ2) is 10.0. The molecule has 0 aliphatic heterocycles. The summed E-state index contributed by atoms with van der Waals surface area (Å²) in [5.74, 6) is 1.82. The number of benzene rings is 1. The smallest absolute Gasteiger partial charge is 0.229 e. The largest absolute Gasteiger partial charge is 0.355 e. The van der Waals surface area contributed by atoms with E-state index in [9.17, 15) is 4.79 Å². The summed E-state index contributed by atoms with van der Waals surface area (Å²) in [7, 11) is 0. The highest BCUT2D eigenvalue weighted by atomic mass is 32.2. The fourth-order valence-electron chi connectivity index (χ4n) is 1.64. The highest BCUT2D eigenvalue weighted by molar-refractivity contribution is 7.99. The molecule has 18 heavy (non-hydrogen) atoms. The standard InChI is InChI=1S/C15H23NOS/c1-2-3-11-16-15(17)13-18-12-7-10-14-8-5-4-6-9-14/h4-6,8-9H,2-3,7,10-13H2,1H3,(H,16,17). The van der Waals surface area contributed by atoms with Crippen LogP contribution in [-0.4, -0.2) is 24.0 Å². The lowest BCUT2D eigenvalue weighted by molar-refractivity contribution is -0.118. The van der Waals surface area contributed by atoms with Crippen molar-refractivity contribution in [3.05, 3.63) is 35.9 Å². The number of nitrogens with one attached hydrogen (secondary N) is 1. The zero-order valence-corrected chi connectivity index (χ0v) is 12.0. The topological polar surface area (TPSA) is 29.1 Å². The van der Waals surface area contributed by atoms with Gasteiger partial charge in [0.15, 0.2) is 0 Å². The molecule has 0 saturated carbocycles. The van der Waals surface area contributed by atoms with Crippen LogP contribution in [0, 0.1) is 0 Å². The van der Waals surface area contributed by atoms with E-state index in [1.807, 2.05) is 6.07 Å². The van der Waals surface area contributed by atoms with Crippen molar-refractivity contribution in [1.82, 2.24) is 5.32 Å². The van der Waals surface area contributed by atoms with Crippen LogP contribution in [-0.2, 0) is 11.2 Å². The molecule has 0 bridgehead atoms. The molecule has 0 aromatic heterocycles. The predicted molar refractivity (Wildman–Crippen MR) is 80.0 cm³/mol. The first-order chi connectivity index (χ1) is 8.83.